The minimum absolute atomic E-state index is 0.00190. The molecule has 2 N–H and O–H groups in total. The zero-order chi connectivity index (χ0) is 19.8. The van der Waals surface area contributed by atoms with Crippen LogP contribution in [0.5, 0.6) is 0 Å². The van der Waals surface area contributed by atoms with E-state index in [1.807, 2.05) is 54.5 Å². The van der Waals surface area contributed by atoms with Crippen LogP contribution in [0.15, 0.2) is 23.3 Å². The molecule has 26 heavy (non-hydrogen) atoms. The van der Waals surface area contributed by atoms with Crippen LogP contribution in [0.2, 0.25) is 0 Å². The van der Waals surface area contributed by atoms with Gasteiger partial charge >= 0.3 is 0 Å². The van der Waals surface area contributed by atoms with E-state index < -0.39 is 16.8 Å². The third kappa shape index (κ3) is 3.62. The Bertz CT molecular complexity index is 597. The van der Waals surface area contributed by atoms with Crippen LogP contribution in [-0.2, 0) is 14.3 Å². The molecule has 5 heteroatoms. The molecule has 1 heterocycles. The molecule has 3 unspecified atom stereocenters. The van der Waals surface area contributed by atoms with Gasteiger partial charge in [0.05, 0.1) is 12.2 Å². The number of hydrogen-bond acceptors (Lipinski definition) is 4. The summed E-state index contributed by atoms with van der Waals surface area (Å²) in [6.07, 6.45) is 5.47. The molecule has 2 rings (SSSR count). The van der Waals surface area contributed by atoms with Gasteiger partial charge in [0.2, 0.25) is 5.91 Å². The Morgan fingerprint density at radius 1 is 1.31 bits per heavy atom. The number of carbonyl (C=O) groups is 1. The maximum atomic E-state index is 12.2. The lowest BCUT2D eigenvalue weighted by atomic mass is 9.60. The molecule has 148 valence electrons. The van der Waals surface area contributed by atoms with Crippen molar-refractivity contribution in [2.75, 3.05) is 6.54 Å². The van der Waals surface area contributed by atoms with Crippen LogP contribution in [0.3, 0.4) is 0 Å². The summed E-state index contributed by atoms with van der Waals surface area (Å²) in [5, 5.41) is 14.6. The Morgan fingerprint density at radius 2 is 1.88 bits per heavy atom. The smallest absolute Gasteiger partial charge is 0.244 e. The fraction of sp³-hybridized carbons (Fsp3) is 0.762. The normalized spacial score (nSPS) is 36.9. The van der Waals surface area contributed by atoms with Gasteiger partial charge in [-0.2, -0.15) is 0 Å². The lowest BCUT2D eigenvalue weighted by molar-refractivity contribution is -0.185. The summed E-state index contributed by atoms with van der Waals surface area (Å²) >= 11 is 0. The molecule has 1 saturated heterocycles. The van der Waals surface area contributed by atoms with Gasteiger partial charge < -0.3 is 19.9 Å². The van der Waals surface area contributed by atoms with Crippen molar-refractivity contribution in [2.24, 2.45) is 5.41 Å². The molecule has 0 aromatic heterocycles. The average Bonchev–Trinajstić information content (AvgIpc) is 2.81. The molecule has 0 bridgehead atoms. The van der Waals surface area contributed by atoms with Gasteiger partial charge in [-0.3, -0.25) is 4.79 Å². The Hall–Kier alpha value is -1.17. The number of carbonyl (C=O) groups excluding carboxylic acids is 1. The molecule has 0 aromatic carbocycles. The van der Waals surface area contributed by atoms with Gasteiger partial charge in [0.25, 0.3) is 0 Å². The van der Waals surface area contributed by atoms with E-state index in [4.69, 9.17) is 9.47 Å². The first-order valence-corrected chi connectivity index (χ1v) is 9.78. The van der Waals surface area contributed by atoms with Crippen LogP contribution in [0.4, 0.5) is 0 Å². The fourth-order valence-corrected chi connectivity index (χ4v) is 4.37. The van der Waals surface area contributed by atoms with Crippen molar-refractivity contribution >= 4 is 5.91 Å². The summed E-state index contributed by atoms with van der Waals surface area (Å²) in [4.78, 5) is 12.2. The average molecular weight is 366 g/mol. The first kappa shape index (κ1) is 21.1. The standard InChI is InChI=1S/C21H35NO4/c1-8-10-22-18(23)11-17(9-2)21(24)14(3)12-20(13-19(21,6)7)25-15(4)16(5)26-20/h11-12,15-16,24H,8-10,13H2,1-7H3,(H,22,23)/b17-11-. The third-order valence-corrected chi connectivity index (χ3v) is 5.81. The van der Waals surface area contributed by atoms with Crippen molar-refractivity contribution in [1.82, 2.24) is 5.32 Å². The second-order valence-electron chi connectivity index (χ2n) is 8.37. The van der Waals surface area contributed by atoms with Crippen LogP contribution >= 0.6 is 0 Å². The highest BCUT2D eigenvalue weighted by Crippen LogP contribution is 2.54. The summed E-state index contributed by atoms with van der Waals surface area (Å²) in [7, 11) is 0. The van der Waals surface area contributed by atoms with Crippen LogP contribution in [0.25, 0.3) is 0 Å². The lowest BCUT2D eigenvalue weighted by Crippen LogP contribution is -2.55. The number of rotatable bonds is 5. The van der Waals surface area contributed by atoms with Crippen LogP contribution in [0.1, 0.15) is 67.7 Å². The zero-order valence-corrected chi connectivity index (χ0v) is 17.3. The largest absolute Gasteiger partial charge is 0.381 e. The highest BCUT2D eigenvalue weighted by atomic mass is 16.8. The van der Waals surface area contributed by atoms with E-state index in [0.717, 1.165) is 17.6 Å². The topological polar surface area (TPSA) is 67.8 Å². The van der Waals surface area contributed by atoms with Gasteiger partial charge in [0.15, 0.2) is 5.79 Å². The molecular formula is C21H35NO4. The highest BCUT2D eigenvalue weighted by molar-refractivity contribution is 5.88. The second-order valence-corrected chi connectivity index (χ2v) is 8.37. The summed E-state index contributed by atoms with van der Waals surface area (Å²) in [6.45, 7) is 14.5. The van der Waals surface area contributed by atoms with E-state index in [2.05, 4.69) is 5.32 Å². The molecule has 1 spiro atoms. The Balaban J connectivity index is 2.43. The number of ether oxygens (including phenoxy) is 2. The Morgan fingerprint density at radius 3 is 2.35 bits per heavy atom. The Labute approximate surface area is 157 Å². The quantitative estimate of drug-likeness (QED) is 0.578. The molecule has 5 nitrogen and oxygen atoms in total. The van der Waals surface area contributed by atoms with Crippen molar-refractivity contribution in [3.63, 3.8) is 0 Å². The van der Waals surface area contributed by atoms with E-state index in [9.17, 15) is 9.90 Å². The SMILES string of the molecule is CCCNC(=O)/C=C(/CC)C1(O)C(C)=CC2(CC1(C)C)OC(C)C(C)O2. The summed E-state index contributed by atoms with van der Waals surface area (Å²) in [5.74, 6) is -0.960. The minimum Gasteiger partial charge on any atom is -0.381 e. The molecule has 1 amide bonds. The molecule has 0 radical (unpaired) electrons. The molecule has 1 fully saturated rings. The van der Waals surface area contributed by atoms with Gasteiger partial charge in [0, 0.05) is 24.5 Å². The van der Waals surface area contributed by atoms with E-state index in [1.54, 1.807) is 6.08 Å². The molecule has 3 atom stereocenters. The van der Waals surface area contributed by atoms with Gasteiger partial charge in [-0.1, -0.05) is 27.7 Å². The van der Waals surface area contributed by atoms with Crippen molar-refractivity contribution < 1.29 is 19.4 Å². The molecule has 0 saturated carbocycles. The zero-order valence-electron chi connectivity index (χ0n) is 17.3. The van der Waals surface area contributed by atoms with Crippen LogP contribution in [0, 0.1) is 5.41 Å². The van der Waals surface area contributed by atoms with Crippen molar-refractivity contribution in [2.45, 2.75) is 91.3 Å². The predicted octanol–water partition coefficient (Wildman–Crippen LogP) is 3.48. The highest BCUT2D eigenvalue weighted by Gasteiger charge is 2.58. The summed E-state index contributed by atoms with van der Waals surface area (Å²) in [5.41, 5.74) is -0.272. The first-order chi connectivity index (χ1) is 12.0. The van der Waals surface area contributed by atoms with Crippen molar-refractivity contribution in [3.8, 4) is 0 Å². The number of nitrogens with one attached hydrogen (secondary N) is 1. The van der Waals surface area contributed by atoms with Gasteiger partial charge in [-0.05, 0) is 50.8 Å². The summed E-state index contributed by atoms with van der Waals surface area (Å²) in [6, 6.07) is 0. The number of hydrogen-bond donors (Lipinski definition) is 2. The predicted molar refractivity (Wildman–Crippen MR) is 103 cm³/mol. The number of amides is 1. The van der Waals surface area contributed by atoms with Gasteiger partial charge in [-0.15, -0.1) is 0 Å². The minimum atomic E-state index is -1.21. The first-order valence-electron chi connectivity index (χ1n) is 9.78. The van der Waals surface area contributed by atoms with Crippen LogP contribution < -0.4 is 5.32 Å². The van der Waals surface area contributed by atoms with Gasteiger partial charge in [0.1, 0.15) is 5.60 Å². The van der Waals surface area contributed by atoms with Crippen molar-refractivity contribution in [1.29, 1.82) is 0 Å². The molecule has 0 aromatic rings. The molecule has 1 aliphatic heterocycles. The monoisotopic (exact) mass is 365 g/mol. The summed E-state index contributed by atoms with van der Waals surface area (Å²) < 4.78 is 12.3. The molecule has 2 aliphatic rings. The van der Waals surface area contributed by atoms with E-state index in [-0.39, 0.29) is 18.1 Å². The fourth-order valence-electron chi connectivity index (χ4n) is 4.37. The second kappa shape index (κ2) is 7.45. The van der Waals surface area contributed by atoms with E-state index >= 15 is 0 Å². The van der Waals surface area contributed by atoms with Crippen molar-refractivity contribution in [3.05, 3.63) is 23.3 Å². The number of aliphatic hydroxyl groups is 1. The maximum absolute atomic E-state index is 12.2. The maximum Gasteiger partial charge on any atom is 0.244 e. The van der Waals surface area contributed by atoms with E-state index in [1.165, 1.54) is 0 Å². The van der Waals surface area contributed by atoms with E-state index in [0.29, 0.717) is 19.4 Å². The lowest BCUT2D eigenvalue weighted by Gasteiger charge is -2.52. The van der Waals surface area contributed by atoms with Crippen LogP contribution in [-0.4, -0.2) is 41.2 Å². The van der Waals surface area contributed by atoms with Gasteiger partial charge in [-0.25, -0.2) is 0 Å². The third-order valence-electron chi connectivity index (χ3n) is 5.81. The molecular weight excluding hydrogens is 330 g/mol. The Kier molecular flexibility index (Phi) is 6.06. The molecule has 1 aliphatic carbocycles.